The molecule has 0 unspecified atom stereocenters. The average molecular weight is 881 g/mol. The standard InChI is InChI=1S/C70H40/c1-5-18-41(19-6-1)46-28-13-14-29-49(46)50-36-39-56-64-58(50)40-59-52-30-15-26-44-27-16-32-53(60(44)52)63(59)67(64)57-38-35-48(43-22-9-3-10-23-43)65-61(45-24-11-4-12-25-45)66-55-37-34-47(42-20-7-2-8-21-42)51-31-17-33-54(62(51)55)68(66)69(56)70(57)65/h1-40H. The molecule has 0 aliphatic rings. The minimum atomic E-state index is 1.22. The van der Waals surface area contributed by atoms with Gasteiger partial charge in [-0.2, -0.15) is 0 Å². The van der Waals surface area contributed by atoms with E-state index >= 15 is 0 Å². The van der Waals surface area contributed by atoms with Crippen molar-refractivity contribution < 1.29 is 0 Å². The lowest BCUT2D eigenvalue weighted by Crippen LogP contribution is -1.95. The SMILES string of the molecule is c1ccc(-c2ccccc2-c2ccc3c4c2cc2c5cccc6cccc(c65)c2c4c2ccc(-c4ccccc4)c4c(-c5ccccc5)c5c6ccc(-c7ccccc7)c7cccc(c76)c5c3c42)cc1. The van der Waals surface area contributed by atoms with Crippen LogP contribution < -0.4 is 0 Å². The summed E-state index contributed by atoms with van der Waals surface area (Å²) < 4.78 is 0. The van der Waals surface area contributed by atoms with Gasteiger partial charge in [-0.05, 0) is 169 Å². The number of rotatable bonds is 5. The summed E-state index contributed by atoms with van der Waals surface area (Å²) in [5.41, 5.74) is 12.4. The Hall–Kier alpha value is -9.10. The topological polar surface area (TPSA) is 0 Å². The van der Waals surface area contributed by atoms with Gasteiger partial charge >= 0.3 is 0 Å². The summed E-state index contributed by atoms with van der Waals surface area (Å²) in [5.74, 6) is 0. The molecule has 16 aromatic rings. The van der Waals surface area contributed by atoms with Crippen molar-refractivity contribution in [3.05, 3.63) is 243 Å². The maximum absolute atomic E-state index is 2.56. The molecule has 0 saturated heterocycles. The van der Waals surface area contributed by atoms with Crippen molar-refractivity contribution in [3.63, 3.8) is 0 Å². The van der Waals surface area contributed by atoms with Crippen LogP contribution in [0.2, 0.25) is 0 Å². The summed E-state index contributed by atoms with van der Waals surface area (Å²) in [7, 11) is 0. The molecule has 16 rings (SSSR count). The maximum atomic E-state index is 2.56. The summed E-state index contributed by atoms with van der Waals surface area (Å²) in [4.78, 5) is 0. The van der Waals surface area contributed by atoms with Gasteiger partial charge in [0.05, 0.1) is 0 Å². The Labute approximate surface area is 403 Å². The fourth-order valence-corrected chi connectivity index (χ4v) is 13.2. The molecular weight excluding hydrogens is 841 g/mol. The first-order valence-corrected chi connectivity index (χ1v) is 24.5. The summed E-state index contributed by atoms with van der Waals surface area (Å²) in [6.45, 7) is 0. The van der Waals surface area contributed by atoms with Crippen molar-refractivity contribution in [3.8, 4) is 55.6 Å². The van der Waals surface area contributed by atoms with E-state index in [2.05, 4.69) is 243 Å². The van der Waals surface area contributed by atoms with Crippen LogP contribution in [0.5, 0.6) is 0 Å². The average Bonchev–Trinajstić information content (AvgIpc) is 3.94. The van der Waals surface area contributed by atoms with E-state index in [4.69, 9.17) is 0 Å². The van der Waals surface area contributed by atoms with Gasteiger partial charge in [-0.3, -0.25) is 0 Å². The molecule has 0 saturated carbocycles. The zero-order valence-corrected chi connectivity index (χ0v) is 38.1. The molecule has 0 aliphatic heterocycles. The highest BCUT2D eigenvalue weighted by Gasteiger charge is 2.29. The van der Waals surface area contributed by atoms with Crippen LogP contribution in [0, 0.1) is 0 Å². The van der Waals surface area contributed by atoms with Crippen LogP contribution in [-0.4, -0.2) is 0 Å². The normalized spacial score (nSPS) is 12.3. The third kappa shape index (κ3) is 4.99. The van der Waals surface area contributed by atoms with Gasteiger partial charge in [-0.1, -0.05) is 237 Å². The predicted molar refractivity (Wildman–Crippen MR) is 302 cm³/mol. The quantitative estimate of drug-likeness (QED) is 0.119. The highest BCUT2D eigenvalue weighted by atomic mass is 14.3. The van der Waals surface area contributed by atoms with E-state index in [1.165, 1.54) is 163 Å². The molecular formula is C70H40. The van der Waals surface area contributed by atoms with Gasteiger partial charge in [0.2, 0.25) is 0 Å². The first-order chi connectivity index (χ1) is 34.8. The van der Waals surface area contributed by atoms with Gasteiger partial charge in [0, 0.05) is 0 Å². The van der Waals surface area contributed by atoms with Crippen LogP contribution in [0.4, 0.5) is 0 Å². The van der Waals surface area contributed by atoms with Crippen molar-refractivity contribution in [2.75, 3.05) is 0 Å². The number of hydrogen-bond donors (Lipinski definition) is 0. The Kier molecular flexibility index (Phi) is 7.70. The number of benzene rings is 14. The Morgan fingerprint density at radius 3 is 1.27 bits per heavy atom. The fourth-order valence-electron chi connectivity index (χ4n) is 13.2. The van der Waals surface area contributed by atoms with Crippen molar-refractivity contribution in [2.24, 2.45) is 0 Å². The van der Waals surface area contributed by atoms with Gasteiger partial charge in [0.15, 0.2) is 0 Å². The van der Waals surface area contributed by atoms with Crippen LogP contribution in [0.3, 0.4) is 0 Å². The van der Waals surface area contributed by atoms with E-state index < -0.39 is 0 Å². The Morgan fingerprint density at radius 1 is 0.157 bits per heavy atom. The number of fused-ring (bicyclic) bond motifs is 10. The molecule has 0 amide bonds. The molecule has 16 aromatic carbocycles. The van der Waals surface area contributed by atoms with Gasteiger partial charge in [-0.25, -0.2) is 0 Å². The smallest absolute Gasteiger partial charge is 0.000694 e. The molecule has 70 heavy (non-hydrogen) atoms. The monoisotopic (exact) mass is 880 g/mol. The van der Waals surface area contributed by atoms with Crippen LogP contribution in [-0.2, 0) is 0 Å². The molecule has 0 aliphatic carbocycles. The second kappa shape index (κ2) is 14.2. The van der Waals surface area contributed by atoms with Gasteiger partial charge in [0.25, 0.3) is 0 Å². The third-order valence-corrected chi connectivity index (χ3v) is 15.9. The first-order valence-electron chi connectivity index (χ1n) is 24.5. The van der Waals surface area contributed by atoms with E-state index in [9.17, 15) is 0 Å². The first kappa shape index (κ1) is 37.9. The van der Waals surface area contributed by atoms with E-state index in [1.54, 1.807) is 0 Å². The van der Waals surface area contributed by atoms with Crippen LogP contribution >= 0.6 is 0 Å². The highest BCUT2D eigenvalue weighted by molar-refractivity contribution is 6.53. The Bertz CT molecular complexity index is 4760. The second-order valence-electron chi connectivity index (χ2n) is 19.3. The van der Waals surface area contributed by atoms with Crippen LogP contribution in [0.15, 0.2) is 243 Å². The zero-order valence-electron chi connectivity index (χ0n) is 38.1. The summed E-state index contributed by atoms with van der Waals surface area (Å²) in [6, 6.07) is 91.3. The molecule has 0 nitrogen and oxygen atoms in total. The van der Waals surface area contributed by atoms with Crippen LogP contribution in [0.1, 0.15) is 0 Å². The van der Waals surface area contributed by atoms with Gasteiger partial charge in [0.1, 0.15) is 0 Å². The second-order valence-corrected chi connectivity index (χ2v) is 19.3. The fraction of sp³-hybridized carbons (Fsp3) is 0. The van der Waals surface area contributed by atoms with Crippen molar-refractivity contribution >= 4 is 108 Å². The molecule has 0 heterocycles. The molecule has 0 aromatic heterocycles. The molecule has 0 atom stereocenters. The largest absolute Gasteiger partial charge is 0.0622 e. The zero-order chi connectivity index (χ0) is 45.6. The Balaban J connectivity index is 1.22. The molecule has 320 valence electrons. The van der Waals surface area contributed by atoms with Gasteiger partial charge < -0.3 is 0 Å². The lowest BCUT2D eigenvalue weighted by molar-refractivity contribution is 1.60. The number of hydrogen-bond acceptors (Lipinski definition) is 0. The van der Waals surface area contributed by atoms with Crippen molar-refractivity contribution in [1.82, 2.24) is 0 Å². The van der Waals surface area contributed by atoms with E-state index in [0.29, 0.717) is 0 Å². The van der Waals surface area contributed by atoms with Crippen molar-refractivity contribution in [1.29, 1.82) is 0 Å². The summed E-state index contributed by atoms with van der Waals surface area (Å²) in [5, 5.41) is 26.3. The van der Waals surface area contributed by atoms with E-state index in [0.717, 1.165) is 0 Å². The maximum Gasteiger partial charge on any atom is -0.000694 e. The molecule has 0 heteroatoms. The predicted octanol–water partition coefficient (Wildman–Crippen LogP) is 19.9. The lowest BCUT2D eigenvalue weighted by atomic mass is 9.79. The third-order valence-electron chi connectivity index (χ3n) is 15.9. The highest BCUT2D eigenvalue weighted by Crippen LogP contribution is 2.58. The Morgan fingerprint density at radius 2 is 0.586 bits per heavy atom. The minimum absolute atomic E-state index is 1.22. The lowest BCUT2D eigenvalue weighted by Gasteiger charge is -2.23. The summed E-state index contributed by atoms with van der Waals surface area (Å²) >= 11 is 0. The summed E-state index contributed by atoms with van der Waals surface area (Å²) in [6.07, 6.45) is 0. The molecule has 0 spiro atoms. The molecule has 0 fully saturated rings. The van der Waals surface area contributed by atoms with Crippen molar-refractivity contribution in [2.45, 2.75) is 0 Å². The van der Waals surface area contributed by atoms with Crippen LogP contribution in [0.25, 0.3) is 163 Å². The molecule has 0 bridgehead atoms. The minimum Gasteiger partial charge on any atom is -0.0622 e. The van der Waals surface area contributed by atoms with E-state index in [1.807, 2.05) is 0 Å². The van der Waals surface area contributed by atoms with E-state index in [-0.39, 0.29) is 0 Å². The molecule has 0 N–H and O–H groups in total. The molecule has 0 radical (unpaired) electrons. The van der Waals surface area contributed by atoms with Gasteiger partial charge in [-0.15, -0.1) is 0 Å².